The van der Waals surface area contributed by atoms with E-state index in [9.17, 15) is 33.2 Å². The van der Waals surface area contributed by atoms with Crippen molar-refractivity contribution >= 4 is 47.0 Å². The third-order valence-corrected chi connectivity index (χ3v) is 12.2. The van der Waals surface area contributed by atoms with Crippen LogP contribution in [0.1, 0.15) is 93.9 Å². The van der Waals surface area contributed by atoms with Crippen LogP contribution >= 0.6 is 0 Å². The molecule has 0 spiro atoms. The number of nitrogens with zero attached hydrogens (tertiary/aromatic N) is 6. The quantitative estimate of drug-likeness (QED) is 0.0933. The number of amides is 5. The van der Waals surface area contributed by atoms with Gasteiger partial charge < -0.3 is 30.9 Å². The van der Waals surface area contributed by atoms with E-state index in [1.165, 1.54) is 30.5 Å². The number of nitrogen functional groups attached to an aromatic ring is 1. The maximum Gasteiger partial charge on any atom is 0.361 e. The van der Waals surface area contributed by atoms with Gasteiger partial charge in [0.2, 0.25) is 17.9 Å². The van der Waals surface area contributed by atoms with Crippen LogP contribution in [0.25, 0.3) is 11.3 Å². The summed E-state index contributed by atoms with van der Waals surface area (Å²) < 4.78 is 21.1. The monoisotopic (exact) mass is 884 g/mol. The lowest BCUT2D eigenvalue weighted by Crippen LogP contribution is -2.52. The molecular weight excluding hydrogens is 836 g/mol. The fraction of sp³-hybridized carbons (Fsp3) is 0.340. The topological polar surface area (TPSA) is 224 Å². The first kappa shape index (κ1) is 44.3. The van der Waals surface area contributed by atoms with Crippen molar-refractivity contribution in [3.8, 4) is 11.3 Å². The fourth-order valence-electron chi connectivity index (χ4n) is 8.41. The Balaban J connectivity index is 0.798. The zero-order valence-electron chi connectivity index (χ0n) is 35.5. The van der Waals surface area contributed by atoms with Crippen LogP contribution in [0.5, 0.6) is 0 Å². The van der Waals surface area contributed by atoms with Gasteiger partial charge in [-0.05, 0) is 93.5 Å². The summed E-state index contributed by atoms with van der Waals surface area (Å²) in [6.45, 7) is 4.02. The highest BCUT2D eigenvalue weighted by atomic mass is 19.1. The standard InChI is InChI=1S/C47H49FN10O7/c48-34-9-11-35(12-10-34)52-45(62)41(30-5-2-1-3-6-30)65-47(64)40-42(49)50-27-38(53-40)33-26-51-58(28-33)36-18-21-56(22-19-36)20-15-29-16-23-57(24-17-29)46(63)32-8-4-7-31(25-32)43(60)54-37-13-14-39(59)55-44(37)61/h1-12,25-29,36-37,41H,13-24H2,(H2,49,50)(H,52,62)(H,54,60)(H,55,59,61)/t37?,41-/m1/s1. The Hall–Kier alpha value is -7.34. The van der Waals surface area contributed by atoms with Gasteiger partial charge >= 0.3 is 5.97 Å². The molecule has 1 unspecified atom stereocenters. The van der Waals surface area contributed by atoms with E-state index in [4.69, 9.17) is 10.5 Å². The lowest BCUT2D eigenvalue weighted by Gasteiger charge is -2.35. The van der Waals surface area contributed by atoms with Crippen molar-refractivity contribution in [1.82, 2.24) is 40.2 Å². The van der Waals surface area contributed by atoms with Crippen molar-refractivity contribution in [2.24, 2.45) is 5.92 Å². The Morgan fingerprint density at radius 2 is 1.62 bits per heavy atom. The highest BCUT2D eigenvalue weighted by Crippen LogP contribution is 2.29. The molecule has 0 radical (unpaired) electrons. The number of imide groups is 1. The van der Waals surface area contributed by atoms with Gasteiger partial charge in [0.25, 0.3) is 17.7 Å². The maximum absolute atomic E-state index is 13.6. The number of benzene rings is 3. The number of hydrogen-bond acceptors (Lipinski definition) is 12. The van der Waals surface area contributed by atoms with Crippen LogP contribution in [-0.4, -0.2) is 104 Å². The molecule has 5 N–H and O–H groups in total. The Morgan fingerprint density at radius 1 is 0.877 bits per heavy atom. The predicted molar refractivity (Wildman–Crippen MR) is 235 cm³/mol. The van der Waals surface area contributed by atoms with Gasteiger partial charge in [0.15, 0.2) is 11.5 Å². The SMILES string of the molecule is Nc1ncc(-c2cnn(C3CCN(CCC4CCN(C(=O)c5cccc(C(=O)NC6CCC(=O)NC6=O)c5)CC4)CC3)c2)nc1C(=O)O[C@@H](C(=O)Nc1ccc(F)cc1)c1ccccc1. The molecule has 2 aromatic heterocycles. The first-order chi connectivity index (χ1) is 31.5. The number of likely N-dealkylation sites (tertiary alicyclic amines) is 2. The molecule has 3 fully saturated rings. The molecule has 3 aliphatic rings. The number of ether oxygens (including phenoxy) is 1. The second kappa shape index (κ2) is 20.0. The third kappa shape index (κ3) is 10.9. The number of halogens is 1. The van der Waals surface area contributed by atoms with Crippen molar-refractivity contribution in [3.05, 3.63) is 126 Å². The summed E-state index contributed by atoms with van der Waals surface area (Å²) in [5, 5.41) is 12.2. The van der Waals surface area contributed by atoms with E-state index in [1.807, 2.05) is 15.8 Å². The van der Waals surface area contributed by atoms with Crippen LogP contribution in [0.2, 0.25) is 0 Å². The molecule has 336 valence electrons. The summed E-state index contributed by atoms with van der Waals surface area (Å²) in [5.41, 5.74) is 8.27. The molecule has 2 atom stereocenters. The van der Waals surface area contributed by atoms with Crippen molar-refractivity contribution in [2.75, 3.05) is 43.8 Å². The van der Waals surface area contributed by atoms with Crippen molar-refractivity contribution in [2.45, 2.75) is 63.1 Å². The van der Waals surface area contributed by atoms with Crippen molar-refractivity contribution in [3.63, 3.8) is 0 Å². The van der Waals surface area contributed by atoms with E-state index in [-0.39, 0.29) is 47.8 Å². The van der Waals surface area contributed by atoms with E-state index < -0.39 is 41.7 Å². The number of piperidine rings is 3. The van der Waals surface area contributed by atoms with E-state index >= 15 is 0 Å². The zero-order valence-corrected chi connectivity index (χ0v) is 35.5. The van der Waals surface area contributed by atoms with Crippen LogP contribution in [0.3, 0.4) is 0 Å². The first-order valence-electron chi connectivity index (χ1n) is 21.7. The lowest BCUT2D eigenvalue weighted by molar-refractivity contribution is -0.134. The normalized spacial score (nSPS) is 17.8. The summed E-state index contributed by atoms with van der Waals surface area (Å²) >= 11 is 0. The number of rotatable bonds is 13. The van der Waals surface area contributed by atoms with Crippen molar-refractivity contribution < 1.29 is 37.9 Å². The second-order valence-corrected chi connectivity index (χ2v) is 16.5. The van der Waals surface area contributed by atoms with Gasteiger partial charge in [-0.25, -0.2) is 19.2 Å². The summed E-state index contributed by atoms with van der Waals surface area (Å²) in [5.74, 6) is -3.23. The molecule has 0 saturated carbocycles. The third-order valence-electron chi connectivity index (χ3n) is 12.2. The van der Waals surface area contributed by atoms with Gasteiger partial charge in [-0.1, -0.05) is 36.4 Å². The van der Waals surface area contributed by atoms with Gasteiger partial charge in [0.05, 0.1) is 24.1 Å². The molecule has 5 aromatic rings. The molecule has 3 aromatic carbocycles. The summed E-state index contributed by atoms with van der Waals surface area (Å²) in [7, 11) is 0. The van der Waals surface area contributed by atoms with Gasteiger partial charge in [-0.3, -0.25) is 34.0 Å². The van der Waals surface area contributed by atoms with Gasteiger partial charge in [0.1, 0.15) is 11.9 Å². The largest absolute Gasteiger partial charge is 0.442 e. The molecule has 17 nitrogen and oxygen atoms in total. The number of aromatic nitrogens is 4. The number of anilines is 2. The summed E-state index contributed by atoms with van der Waals surface area (Å²) in [4.78, 5) is 89.8. The van der Waals surface area contributed by atoms with Crippen LogP contribution < -0.4 is 21.7 Å². The van der Waals surface area contributed by atoms with Gasteiger partial charge in [-0.2, -0.15) is 5.10 Å². The number of hydrogen-bond donors (Lipinski definition) is 4. The highest BCUT2D eigenvalue weighted by molar-refractivity contribution is 6.05. The second-order valence-electron chi connectivity index (χ2n) is 16.5. The number of carbonyl (C=O) groups is 6. The molecule has 3 saturated heterocycles. The summed E-state index contributed by atoms with van der Waals surface area (Å²) in [6, 6.07) is 19.6. The Kier molecular flexibility index (Phi) is 13.6. The molecule has 5 heterocycles. The van der Waals surface area contributed by atoms with Crippen LogP contribution in [0.4, 0.5) is 15.9 Å². The predicted octanol–water partition coefficient (Wildman–Crippen LogP) is 4.71. The molecule has 0 aliphatic carbocycles. The molecular formula is C47H49FN10O7. The molecule has 3 aliphatic heterocycles. The van der Waals surface area contributed by atoms with Gasteiger partial charge in [0, 0.05) is 66.7 Å². The van der Waals surface area contributed by atoms with E-state index in [1.54, 1.807) is 60.8 Å². The minimum Gasteiger partial charge on any atom is -0.442 e. The minimum absolute atomic E-state index is 0.131. The fourth-order valence-corrected chi connectivity index (χ4v) is 8.41. The number of carbonyl (C=O) groups excluding carboxylic acids is 6. The average molecular weight is 885 g/mol. The molecule has 65 heavy (non-hydrogen) atoms. The van der Waals surface area contributed by atoms with E-state index in [2.05, 4.69) is 35.9 Å². The average Bonchev–Trinajstić information content (AvgIpc) is 3.83. The highest BCUT2D eigenvalue weighted by Gasteiger charge is 2.31. The zero-order chi connectivity index (χ0) is 45.5. The number of esters is 1. The smallest absolute Gasteiger partial charge is 0.361 e. The number of nitrogens with one attached hydrogen (secondary N) is 3. The Labute approximate surface area is 373 Å². The Morgan fingerprint density at radius 3 is 2.35 bits per heavy atom. The van der Waals surface area contributed by atoms with Crippen molar-refractivity contribution in [1.29, 1.82) is 0 Å². The minimum atomic E-state index is -1.37. The van der Waals surface area contributed by atoms with E-state index in [0.717, 1.165) is 51.7 Å². The van der Waals surface area contributed by atoms with Crippen LogP contribution in [0, 0.1) is 11.7 Å². The van der Waals surface area contributed by atoms with Crippen LogP contribution in [0.15, 0.2) is 97.5 Å². The lowest BCUT2D eigenvalue weighted by atomic mass is 9.92. The first-order valence-corrected chi connectivity index (χ1v) is 21.7. The van der Waals surface area contributed by atoms with Crippen LogP contribution in [-0.2, 0) is 19.1 Å². The molecule has 0 bridgehead atoms. The number of nitrogens with two attached hydrogens (primary N) is 1. The van der Waals surface area contributed by atoms with Gasteiger partial charge in [-0.15, -0.1) is 0 Å². The summed E-state index contributed by atoms with van der Waals surface area (Å²) in [6.07, 6.45) is 8.61. The van der Waals surface area contributed by atoms with E-state index in [0.29, 0.717) is 47.1 Å². The molecule has 18 heteroatoms. The molecule has 8 rings (SSSR count). The maximum atomic E-state index is 13.6. The molecule has 5 amide bonds. The Bertz CT molecular complexity index is 2560.